The zero-order valence-corrected chi connectivity index (χ0v) is 13.9. The molecule has 21 heavy (non-hydrogen) atoms. The van der Waals surface area contributed by atoms with E-state index < -0.39 is 0 Å². The number of hydrogen-bond donors (Lipinski definition) is 2. The molecule has 2 aromatic rings. The number of para-hydroxylation sites is 1. The maximum absolute atomic E-state index is 11.9. The lowest BCUT2D eigenvalue weighted by molar-refractivity contribution is -0.115. The van der Waals surface area contributed by atoms with Crippen LogP contribution in [0.15, 0.2) is 53.0 Å². The fourth-order valence-electron chi connectivity index (χ4n) is 1.87. The second-order valence-corrected chi connectivity index (χ2v) is 6.01. The Kier molecular flexibility index (Phi) is 5.79. The van der Waals surface area contributed by atoms with E-state index in [1.807, 2.05) is 43.3 Å². The smallest absolute Gasteiger partial charge is 0.238 e. The summed E-state index contributed by atoms with van der Waals surface area (Å²) in [6.07, 6.45) is 0. The number of benzene rings is 2. The summed E-state index contributed by atoms with van der Waals surface area (Å²) in [6, 6.07) is 15.3. The van der Waals surface area contributed by atoms with Crippen LogP contribution in [0.4, 0.5) is 5.69 Å². The van der Waals surface area contributed by atoms with Crippen molar-refractivity contribution in [1.29, 1.82) is 0 Å². The number of anilines is 1. The normalized spacial score (nSPS) is 12.0. The summed E-state index contributed by atoms with van der Waals surface area (Å²) < 4.78 is 1.04. The van der Waals surface area contributed by atoms with Gasteiger partial charge in [0, 0.05) is 10.5 Å². The summed E-state index contributed by atoms with van der Waals surface area (Å²) >= 11 is 9.41. The molecule has 5 heteroatoms. The number of rotatable bonds is 5. The van der Waals surface area contributed by atoms with Crippen LogP contribution in [0.5, 0.6) is 0 Å². The van der Waals surface area contributed by atoms with E-state index in [1.54, 1.807) is 12.1 Å². The van der Waals surface area contributed by atoms with Crippen LogP contribution in [-0.2, 0) is 4.79 Å². The van der Waals surface area contributed by atoms with Gasteiger partial charge >= 0.3 is 0 Å². The lowest BCUT2D eigenvalue weighted by Gasteiger charge is -2.14. The van der Waals surface area contributed by atoms with E-state index in [4.69, 9.17) is 11.6 Å². The molecule has 0 spiro atoms. The summed E-state index contributed by atoms with van der Waals surface area (Å²) in [7, 11) is 0. The number of carbonyl (C=O) groups excluding carboxylic acids is 1. The first-order chi connectivity index (χ1) is 10.1. The van der Waals surface area contributed by atoms with Crippen molar-refractivity contribution >= 4 is 39.1 Å². The van der Waals surface area contributed by atoms with Crippen LogP contribution in [0.25, 0.3) is 0 Å². The van der Waals surface area contributed by atoms with Gasteiger partial charge in [-0.1, -0.05) is 51.8 Å². The number of amides is 1. The van der Waals surface area contributed by atoms with Crippen molar-refractivity contribution in [2.75, 3.05) is 11.9 Å². The summed E-state index contributed by atoms with van der Waals surface area (Å²) in [5.74, 6) is -0.118. The fraction of sp³-hybridized carbons (Fsp3) is 0.188. The Morgan fingerprint density at radius 2 is 1.86 bits per heavy atom. The Balaban J connectivity index is 1.86. The van der Waals surface area contributed by atoms with Gasteiger partial charge in [-0.25, -0.2) is 0 Å². The van der Waals surface area contributed by atoms with Gasteiger partial charge in [-0.05, 0) is 36.8 Å². The molecule has 0 bridgehead atoms. The van der Waals surface area contributed by atoms with Gasteiger partial charge < -0.3 is 10.6 Å². The van der Waals surface area contributed by atoms with E-state index >= 15 is 0 Å². The van der Waals surface area contributed by atoms with Gasteiger partial charge in [0.25, 0.3) is 0 Å². The molecule has 110 valence electrons. The molecule has 2 N–H and O–H groups in total. The highest BCUT2D eigenvalue weighted by Gasteiger charge is 2.09. The minimum absolute atomic E-state index is 0.0927. The average molecular weight is 368 g/mol. The van der Waals surface area contributed by atoms with Crippen molar-refractivity contribution < 1.29 is 4.79 Å². The van der Waals surface area contributed by atoms with Crippen LogP contribution >= 0.6 is 27.5 Å². The maximum atomic E-state index is 11.9. The molecule has 0 aromatic heterocycles. The van der Waals surface area contributed by atoms with Crippen molar-refractivity contribution in [3.05, 3.63) is 63.6 Å². The average Bonchev–Trinajstić information content (AvgIpc) is 2.48. The molecule has 0 aliphatic rings. The zero-order valence-electron chi connectivity index (χ0n) is 11.6. The second-order valence-electron chi connectivity index (χ2n) is 4.68. The van der Waals surface area contributed by atoms with Gasteiger partial charge in [0.1, 0.15) is 0 Å². The minimum atomic E-state index is -0.118. The summed E-state index contributed by atoms with van der Waals surface area (Å²) in [5.41, 5.74) is 1.76. The molecule has 0 fully saturated rings. The molecule has 3 nitrogen and oxygen atoms in total. The molecule has 0 aliphatic heterocycles. The number of carbonyl (C=O) groups is 1. The Morgan fingerprint density at radius 1 is 1.19 bits per heavy atom. The van der Waals surface area contributed by atoms with Gasteiger partial charge in [-0.15, -0.1) is 0 Å². The lowest BCUT2D eigenvalue weighted by Crippen LogP contribution is -2.30. The highest BCUT2D eigenvalue weighted by Crippen LogP contribution is 2.20. The first-order valence-corrected chi connectivity index (χ1v) is 7.76. The Bertz CT molecular complexity index is 616. The first-order valence-electron chi connectivity index (χ1n) is 6.59. The molecular weight excluding hydrogens is 352 g/mol. The standard InChI is InChI=1S/C16H16BrClN2O/c1-11(12-6-8-13(17)9-7-12)19-10-16(21)20-15-5-3-2-4-14(15)18/h2-9,11,19H,10H2,1H3,(H,20,21)/t11-/m0/s1. The Morgan fingerprint density at radius 3 is 2.52 bits per heavy atom. The topological polar surface area (TPSA) is 41.1 Å². The molecule has 2 aromatic carbocycles. The van der Waals surface area contributed by atoms with Crippen molar-refractivity contribution in [2.45, 2.75) is 13.0 Å². The zero-order chi connectivity index (χ0) is 15.2. The molecule has 0 heterocycles. The van der Waals surface area contributed by atoms with Gasteiger partial charge in [0.2, 0.25) is 5.91 Å². The third kappa shape index (κ3) is 4.84. The number of halogens is 2. The van der Waals surface area contributed by atoms with Crippen molar-refractivity contribution in [1.82, 2.24) is 5.32 Å². The quantitative estimate of drug-likeness (QED) is 0.823. The highest BCUT2D eigenvalue weighted by atomic mass is 79.9. The van der Waals surface area contributed by atoms with Gasteiger partial charge in [-0.2, -0.15) is 0 Å². The molecule has 0 radical (unpaired) electrons. The molecular formula is C16H16BrClN2O. The molecule has 1 amide bonds. The largest absolute Gasteiger partial charge is 0.324 e. The van der Waals surface area contributed by atoms with E-state index in [2.05, 4.69) is 26.6 Å². The Labute approximate surface area is 137 Å². The molecule has 0 aliphatic carbocycles. The summed E-state index contributed by atoms with van der Waals surface area (Å²) in [5, 5.41) is 6.51. The molecule has 2 rings (SSSR count). The van der Waals surface area contributed by atoms with Crippen LogP contribution in [-0.4, -0.2) is 12.5 Å². The van der Waals surface area contributed by atoms with E-state index in [0.717, 1.165) is 10.0 Å². The predicted molar refractivity (Wildman–Crippen MR) is 90.6 cm³/mol. The van der Waals surface area contributed by atoms with Crippen molar-refractivity contribution in [3.8, 4) is 0 Å². The van der Waals surface area contributed by atoms with Gasteiger partial charge in [-0.3, -0.25) is 4.79 Å². The monoisotopic (exact) mass is 366 g/mol. The maximum Gasteiger partial charge on any atom is 0.238 e. The number of hydrogen-bond acceptors (Lipinski definition) is 2. The van der Waals surface area contributed by atoms with Crippen LogP contribution in [0, 0.1) is 0 Å². The number of nitrogens with one attached hydrogen (secondary N) is 2. The van der Waals surface area contributed by atoms with Crippen LogP contribution in [0.3, 0.4) is 0 Å². The summed E-state index contributed by atoms with van der Waals surface area (Å²) in [6.45, 7) is 2.24. The van der Waals surface area contributed by atoms with Gasteiger partial charge in [0.05, 0.1) is 17.3 Å². The van der Waals surface area contributed by atoms with Crippen molar-refractivity contribution in [2.24, 2.45) is 0 Å². The molecule has 0 unspecified atom stereocenters. The first kappa shape index (κ1) is 16.0. The summed E-state index contributed by atoms with van der Waals surface area (Å²) in [4.78, 5) is 11.9. The van der Waals surface area contributed by atoms with Crippen LogP contribution < -0.4 is 10.6 Å². The lowest BCUT2D eigenvalue weighted by atomic mass is 10.1. The van der Waals surface area contributed by atoms with E-state index in [-0.39, 0.29) is 18.5 Å². The van der Waals surface area contributed by atoms with Crippen LogP contribution in [0.1, 0.15) is 18.5 Å². The highest BCUT2D eigenvalue weighted by molar-refractivity contribution is 9.10. The van der Waals surface area contributed by atoms with Gasteiger partial charge in [0.15, 0.2) is 0 Å². The Hall–Kier alpha value is -1.36. The fourth-order valence-corrected chi connectivity index (χ4v) is 2.32. The molecule has 0 saturated carbocycles. The third-order valence-corrected chi connectivity index (χ3v) is 3.95. The van der Waals surface area contributed by atoms with Crippen LogP contribution in [0.2, 0.25) is 5.02 Å². The predicted octanol–water partition coefficient (Wildman–Crippen LogP) is 4.39. The SMILES string of the molecule is C[C@H](NCC(=O)Nc1ccccc1Cl)c1ccc(Br)cc1. The molecule has 1 atom stereocenters. The van der Waals surface area contributed by atoms with E-state index in [0.29, 0.717) is 10.7 Å². The minimum Gasteiger partial charge on any atom is -0.324 e. The van der Waals surface area contributed by atoms with Crippen molar-refractivity contribution in [3.63, 3.8) is 0 Å². The second kappa shape index (κ2) is 7.59. The van der Waals surface area contributed by atoms with E-state index in [1.165, 1.54) is 0 Å². The van der Waals surface area contributed by atoms with E-state index in [9.17, 15) is 4.79 Å². The third-order valence-electron chi connectivity index (χ3n) is 3.09. The molecule has 0 saturated heterocycles.